The Morgan fingerprint density at radius 1 is 1.19 bits per heavy atom. The van der Waals surface area contributed by atoms with Crippen LogP contribution in [0.2, 0.25) is 0 Å². The lowest BCUT2D eigenvalue weighted by Crippen LogP contribution is -2.39. The van der Waals surface area contributed by atoms with Crippen LogP contribution < -0.4 is 15.0 Å². The molecule has 1 N–H and O–H groups in total. The number of hydrogen-bond donors (Lipinski definition) is 1. The number of nitrogens with one attached hydrogen (secondary N) is 1. The smallest absolute Gasteiger partial charge is 0.416 e. The molecular formula is C23H22F4N6O3. The number of hydrogen-bond acceptors (Lipinski definition) is 7. The van der Waals surface area contributed by atoms with Gasteiger partial charge in [0.05, 0.1) is 28.7 Å². The first-order chi connectivity index (χ1) is 17.0. The van der Waals surface area contributed by atoms with E-state index >= 15 is 0 Å². The van der Waals surface area contributed by atoms with Gasteiger partial charge in [0.15, 0.2) is 0 Å². The highest BCUT2D eigenvalue weighted by atomic mass is 19.4. The lowest BCUT2D eigenvalue weighted by Gasteiger charge is -2.28. The third-order valence-electron chi connectivity index (χ3n) is 6.15. The first-order valence-corrected chi connectivity index (χ1v) is 11.2. The predicted octanol–water partition coefficient (Wildman–Crippen LogP) is 4.99. The van der Waals surface area contributed by atoms with Crippen LogP contribution in [0.4, 0.5) is 34.1 Å². The van der Waals surface area contributed by atoms with Gasteiger partial charge >= 0.3 is 12.3 Å². The zero-order chi connectivity index (χ0) is 25.8. The fourth-order valence-corrected chi connectivity index (χ4v) is 4.38. The van der Waals surface area contributed by atoms with Crippen LogP contribution in [0, 0.1) is 0 Å². The van der Waals surface area contributed by atoms with Crippen LogP contribution in [0.5, 0.6) is 5.75 Å². The van der Waals surface area contributed by atoms with Crippen molar-refractivity contribution in [3.05, 3.63) is 53.7 Å². The number of ether oxygens (including phenoxy) is 2. The Kier molecular flexibility index (Phi) is 5.72. The second kappa shape index (κ2) is 8.64. The van der Waals surface area contributed by atoms with E-state index < -0.39 is 42.2 Å². The second-order valence-corrected chi connectivity index (χ2v) is 8.62. The molecule has 1 amide bonds. The van der Waals surface area contributed by atoms with Crippen LogP contribution >= 0.6 is 0 Å². The van der Waals surface area contributed by atoms with Gasteiger partial charge in [0.2, 0.25) is 5.95 Å². The van der Waals surface area contributed by atoms with Gasteiger partial charge in [-0.2, -0.15) is 18.2 Å². The SMILES string of the molecule is CC(Nc1nccc(N2C(=O)OC[C@@H]2C(C)F)n1)c1ncn2c1C(C)Oc1cc(C(F)(F)F)ccc1-2. The summed E-state index contributed by atoms with van der Waals surface area (Å²) in [7, 11) is 0. The summed E-state index contributed by atoms with van der Waals surface area (Å²) in [5.74, 6) is 0.473. The van der Waals surface area contributed by atoms with E-state index in [9.17, 15) is 22.4 Å². The highest BCUT2D eigenvalue weighted by Crippen LogP contribution is 2.41. The number of carbonyl (C=O) groups excluding carboxylic acids is 1. The average molecular weight is 506 g/mol. The topological polar surface area (TPSA) is 94.4 Å². The van der Waals surface area contributed by atoms with Crippen molar-refractivity contribution >= 4 is 17.9 Å². The van der Waals surface area contributed by atoms with Gasteiger partial charge in [-0.3, -0.25) is 9.47 Å². The van der Waals surface area contributed by atoms with E-state index in [1.54, 1.807) is 11.5 Å². The van der Waals surface area contributed by atoms with Crippen molar-refractivity contribution in [1.29, 1.82) is 0 Å². The zero-order valence-corrected chi connectivity index (χ0v) is 19.5. The molecule has 0 radical (unpaired) electrons. The van der Waals surface area contributed by atoms with E-state index in [-0.39, 0.29) is 24.1 Å². The van der Waals surface area contributed by atoms with Crippen LogP contribution in [0.1, 0.15) is 49.9 Å². The maximum Gasteiger partial charge on any atom is 0.416 e. The lowest BCUT2D eigenvalue weighted by atomic mass is 10.1. The second-order valence-electron chi connectivity index (χ2n) is 8.62. The number of benzene rings is 1. The molecule has 1 fully saturated rings. The Bertz CT molecular complexity index is 1310. The number of alkyl halides is 4. The first kappa shape index (κ1) is 23.8. The molecule has 3 aromatic rings. The molecule has 0 saturated carbocycles. The molecule has 13 heteroatoms. The van der Waals surface area contributed by atoms with E-state index in [2.05, 4.69) is 20.3 Å². The van der Waals surface area contributed by atoms with Crippen LogP contribution in [0.3, 0.4) is 0 Å². The summed E-state index contributed by atoms with van der Waals surface area (Å²) < 4.78 is 65.9. The highest BCUT2D eigenvalue weighted by Gasteiger charge is 2.39. The number of halogens is 4. The molecule has 0 spiro atoms. The normalized spacial score (nSPS) is 20.8. The first-order valence-electron chi connectivity index (χ1n) is 11.2. The molecule has 2 aromatic heterocycles. The Labute approximate surface area is 203 Å². The minimum atomic E-state index is -4.48. The number of amides is 1. The summed E-state index contributed by atoms with van der Waals surface area (Å²) in [6, 6.07) is 3.56. The van der Waals surface area contributed by atoms with Crippen molar-refractivity contribution in [3.63, 3.8) is 0 Å². The maximum absolute atomic E-state index is 14.0. The Morgan fingerprint density at radius 3 is 2.69 bits per heavy atom. The molecule has 2 aliphatic heterocycles. The van der Waals surface area contributed by atoms with E-state index in [1.165, 1.54) is 31.6 Å². The van der Waals surface area contributed by atoms with Gasteiger partial charge in [0.25, 0.3) is 0 Å². The number of aromatic nitrogens is 4. The van der Waals surface area contributed by atoms with E-state index in [0.29, 0.717) is 17.1 Å². The molecule has 36 heavy (non-hydrogen) atoms. The van der Waals surface area contributed by atoms with Gasteiger partial charge in [0, 0.05) is 6.20 Å². The lowest BCUT2D eigenvalue weighted by molar-refractivity contribution is -0.137. The van der Waals surface area contributed by atoms with Crippen LogP contribution in [-0.4, -0.2) is 44.4 Å². The van der Waals surface area contributed by atoms with Crippen molar-refractivity contribution in [2.24, 2.45) is 0 Å². The summed E-state index contributed by atoms with van der Waals surface area (Å²) in [5, 5.41) is 3.12. The van der Waals surface area contributed by atoms with Crippen molar-refractivity contribution < 1.29 is 31.8 Å². The fourth-order valence-electron chi connectivity index (χ4n) is 4.38. The van der Waals surface area contributed by atoms with Crippen molar-refractivity contribution in [2.45, 2.75) is 51.3 Å². The van der Waals surface area contributed by atoms with Gasteiger partial charge in [0.1, 0.15) is 42.8 Å². The predicted molar refractivity (Wildman–Crippen MR) is 120 cm³/mol. The fraction of sp³-hybridized carbons (Fsp3) is 0.391. The summed E-state index contributed by atoms with van der Waals surface area (Å²) in [6.45, 7) is 4.80. The molecule has 9 nitrogen and oxygen atoms in total. The standard InChI is InChI=1S/C23H22F4N6O3/c1-11(24)16-9-35-22(34)33(16)18-6-7-28-21(31-18)30-12(2)19-20-13(3)36-17-8-14(23(25,26)27)4-5-15(17)32(20)10-29-19/h4-8,10-13,16H,9H2,1-3H3,(H,28,30,31)/t11?,12?,13?,16-/m1/s1. The van der Waals surface area contributed by atoms with E-state index in [1.807, 2.05) is 6.92 Å². The van der Waals surface area contributed by atoms with Gasteiger partial charge < -0.3 is 14.8 Å². The molecule has 2 aliphatic rings. The molecule has 0 bridgehead atoms. The minimum absolute atomic E-state index is 0.0791. The monoisotopic (exact) mass is 506 g/mol. The Hall–Kier alpha value is -3.90. The number of anilines is 2. The molecule has 1 aromatic carbocycles. The Balaban J connectivity index is 1.41. The zero-order valence-electron chi connectivity index (χ0n) is 19.5. The van der Waals surface area contributed by atoms with E-state index in [0.717, 1.165) is 17.0 Å². The number of carbonyl (C=O) groups is 1. The number of fused-ring (bicyclic) bond motifs is 3. The van der Waals surface area contributed by atoms with Crippen LogP contribution in [0.15, 0.2) is 36.8 Å². The third-order valence-corrected chi connectivity index (χ3v) is 6.15. The van der Waals surface area contributed by atoms with Crippen LogP contribution in [-0.2, 0) is 10.9 Å². The highest BCUT2D eigenvalue weighted by molar-refractivity contribution is 5.89. The molecular weight excluding hydrogens is 484 g/mol. The summed E-state index contributed by atoms with van der Waals surface area (Å²) in [4.78, 5) is 26.3. The molecule has 4 heterocycles. The Morgan fingerprint density at radius 2 is 1.97 bits per heavy atom. The van der Waals surface area contributed by atoms with Gasteiger partial charge in [-0.25, -0.2) is 19.2 Å². The molecule has 4 atom stereocenters. The van der Waals surface area contributed by atoms with Crippen molar-refractivity contribution in [3.8, 4) is 11.4 Å². The molecule has 5 rings (SSSR count). The number of rotatable bonds is 5. The number of imidazole rings is 1. The van der Waals surface area contributed by atoms with Crippen LogP contribution in [0.25, 0.3) is 5.69 Å². The maximum atomic E-state index is 14.0. The number of nitrogens with zero attached hydrogens (tertiary/aromatic N) is 5. The van der Waals surface area contributed by atoms with Crippen molar-refractivity contribution in [1.82, 2.24) is 19.5 Å². The summed E-state index contributed by atoms with van der Waals surface area (Å²) >= 11 is 0. The van der Waals surface area contributed by atoms with E-state index in [4.69, 9.17) is 9.47 Å². The molecule has 1 saturated heterocycles. The van der Waals surface area contributed by atoms with Crippen molar-refractivity contribution in [2.75, 3.05) is 16.8 Å². The largest absolute Gasteiger partial charge is 0.482 e. The third kappa shape index (κ3) is 4.07. The number of cyclic esters (lactones) is 1. The van der Waals surface area contributed by atoms with Gasteiger partial charge in [-0.1, -0.05) is 0 Å². The molecule has 190 valence electrons. The van der Waals surface area contributed by atoms with Gasteiger partial charge in [-0.05, 0) is 45.0 Å². The van der Waals surface area contributed by atoms with Gasteiger partial charge in [-0.15, -0.1) is 0 Å². The minimum Gasteiger partial charge on any atom is -0.482 e. The summed E-state index contributed by atoms with van der Waals surface area (Å²) in [6.07, 6.45) is -4.12. The summed E-state index contributed by atoms with van der Waals surface area (Å²) in [5.41, 5.74) is 0.889. The molecule has 0 aliphatic carbocycles. The quantitative estimate of drug-likeness (QED) is 0.487. The molecule has 3 unspecified atom stereocenters. The average Bonchev–Trinajstić information content (AvgIpc) is 3.43.